The number of furan rings is 1. The van der Waals surface area contributed by atoms with Crippen molar-refractivity contribution in [2.24, 2.45) is 0 Å². The molecule has 0 aliphatic carbocycles. The smallest absolute Gasteiger partial charge is 0.204 e. The minimum atomic E-state index is -0.0761. The number of benzene rings is 1. The van der Waals surface area contributed by atoms with E-state index in [1.54, 1.807) is 25.8 Å². The second-order valence-electron chi connectivity index (χ2n) is 5.00. The van der Waals surface area contributed by atoms with Gasteiger partial charge in [-0.2, -0.15) is 4.37 Å². The van der Waals surface area contributed by atoms with Crippen LogP contribution in [-0.4, -0.2) is 17.3 Å². The van der Waals surface area contributed by atoms with E-state index in [9.17, 15) is 4.79 Å². The van der Waals surface area contributed by atoms with Crippen LogP contribution in [0, 0.1) is 13.8 Å². The van der Waals surface area contributed by atoms with Crippen LogP contribution in [0.15, 0.2) is 41.3 Å². The van der Waals surface area contributed by atoms with Crippen molar-refractivity contribution in [2.45, 2.75) is 27.7 Å². The molecule has 24 heavy (non-hydrogen) atoms. The van der Waals surface area contributed by atoms with E-state index < -0.39 is 0 Å². The summed E-state index contributed by atoms with van der Waals surface area (Å²) >= 11 is 1.18. The lowest BCUT2D eigenvalue weighted by atomic mass is 9.91. The zero-order valence-corrected chi connectivity index (χ0v) is 15.4. The average molecular weight is 343 g/mol. The quantitative estimate of drug-likeness (QED) is 0.604. The molecule has 2 heterocycles. The van der Waals surface area contributed by atoms with Gasteiger partial charge in [0.1, 0.15) is 0 Å². The predicted molar refractivity (Wildman–Crippen MR) is 97.1 cm³/mol. The number of aryl methyl sites for hydroxylation is 1. The molecule has 0 saturated carbocycles. The second-order valence-corrected chi connectivity index (χ2v) is 5.77. The maximum Gasteiger partial charge on any atom is 0.204 e. The molecule has 3 rings (SSSR count). The van der Waals surface area contributed by atoms with Crippen molar-refractivity contribution in [3.05, 3.63) is 59.2 Å². The molecule has 0 unspecified atom stereocenters. The molecule has 0 radical (unpaired) electrons. The first kappa shape index (κ1) is 17.9. The van der Waals surface area contributed by atoms with Crippen molar-refractivity contribution >= 4 is 17.3 Å². The lowest BCUT2D eigenvalue weighted by molar-refractivity contribution is 0.103. The van der Waals surface area contributed by atoms with Gasteiger partial charge < -0.3 is 9.15 Å². The van der Waals surface area contributed by atoms with Gasteiger partial charge in [-0.25, -0.2) is 0 Å². The molecule has 0 fully saturated rings. The van der Waals surface area contributed by atoms with Crippen molar-refractivity contribution in [3.63, 3.8) is 0 Å². The van der Waals surface area contributed by atoms with Crippen molar-refractivity contribution in [1.29, 1.82) is 0 Å². The summed E-state index contributed by atoms with van der Waals surface area (Å²) in [7, 11) is 1.54. The third-order valence-corrected chi connectivity index (χ3v) is 4.46. The SMILES string of the molecule is CC.COc1sncc1C(=O)c1ccc(C)c(-c2ccoc2)c1C. The van der Waals surface area contributed by atoms with E-state index in [2.05, 4.69) is 4.37 Å². The molecule has 126 valence electrons. The van der Waals surface area contributed by atoms with Gasteiger partial charge in [0.15, 0.2) is 5.78 Å². The van der Waals surface area contributed by atoms with Crippen molar-refractivity contribution in [1.82, 2.24) is 4.37 Å². The number of hydrogen-bond acceptors (Lipinski definition) is 5. The molecular weight excluding hydrogens is 322 g/mol. The molecule has 0 aliphatic rings. The Morgan fingerprint density at radius 2 is 1.92 bits per heavy atom. The highest BCUT2D eigenvalue weighted by molar-refractivity contribution is 7.08. The lowest BCUT2D eigenvalue weighted by Gasteiger charge is -2.12. The van der Waals surface area contributed by atoms with Gasteiger partial charge in [-0.15, -0.1) is 0 Å². The molecule has 0 spiro atoms. The predicted octanol–water partition coefficient (Wildman–Crippen LogP) is 5.29. The van der Waals surface area contributed by atoms with Crippen molar-refractivity contribution in [2.75, 3.05) is 7.11 Å². The maximum atomic E-state index is 12.8. The molecule has 3 aromatic rings. The third kappa shape index (κ3) is 3.26. The Kier molecular flexibility index (Phi) is 5.93. The van der Waals surface area contributed by atoms with Gasteiger partial charge >= 0.3 is 0 Å². The van der Waals surface area contributed by atoms with E-state index in [0.717, 1.165) is 22.3 Å². The second kappa shape index (κ2) is 7.93. The highest BCUT2D eigenvalue weighted by atomic mass is 32.1. The Hall–Kier alpha value is -2.40. The Labute approximate surface area is 146 Å². The molecule has 0 aliphatic heterocycles. The highest BCUT2D eigenvalue weighted by Crippen LogP contribution is 2.32. The fourth-order valence-electron chi connectivity index (χ4n) is 2.62. The zero-order valence-electron chi connectivity index (χ0n) is 14.5. The number of rotatable bonds is 4. The normalized spacial score (nSPS) is 10.0. The monoisotopic (exact) mass is 343 g/mol. The van der Waals surface area contributed by atoms with E-state index >= 15 is 0 Å². The number of ether oxygens (including phenoxy) is 1. The minimum absolute atomic E-state index is 0.0761. The number of carbonyl (C=O) groups is 1. The molecule has 2 aromatic heterocycles. The van der Waals surface area contributed by atoms with E-state index in [1.807, 2.05) is 45.9 Å². The topological polar surface area (TPSA) is 52.3 Å². The number of aromatic nitrogens is 1. The van der Waals surface area contributed by atoms with Gasteiger partial charge in [0, 0.05) is 22.7 Å². The van der Waals surface area contributed by atoms with Crippen LogP contribution in [0.2, 0.25) is 0 Å². The molecule has 0 N–H and O–H groups in total. The summed E-state index contributed by atoms with van der Waals surface area (Å²) in [5.74, 6) is -0.0761. The first-order valence-electron chi connectivity index (χ1n) is 7.79. The van der Waals surface area contributed by atoms with Gasteiger partial charge in [-0.05, 0) is 36.6 Å². The molecular formula is C19H21NO3S. The lowest BCUT2D eigenvalue weighted by Crippen LogP contribution is -2.06. The minimum Gasteiger partial charge on any atom is -0.486 e. The Morgan fingerprint density at radius 1 is 1.17 bits per heavy atom. The summed E-state index contributed by atoms with van der Waals surface area (Å²) in [5, 5.41) is 0.537. The highest BCUT2D eigenvalue weighted by Gasteiger charge is 2.21. The summed E-state index contributed by atoms with van der Waals surface area (Å²) in [6, 6.07) is 5.71. The average Bonchev–Trinajstić information content (AvgIpc) is 3.28. The van der Waals surface area contributed by atoms with Crippen molar-refractivity contribution in [3.8, 4) is 16.2 Å². The van der Waals surface area contributed by atoms with Crippen LogP contribution >= 0.6 is 11.5 Å². The largest absolute Gasteiger partial charge is 0.486 e. The van der Waals surface area contributed by atoms with Gasteiger partial charge in [0.25, 0.3) is 0 Å². The summed E-state index contributed by atoms with van der Waals surface area (Å²) in [5.41, 5.74) is 5.19. The van der Waals surface area contributed by atoms with Crippen LogP contribution in [0.4, 0.5) is 0 Å². The molecule has 0 saturated heterocycles. The fourth-order valence-corrected chi connectivity index (χ4v) is 3.19. The number of ketones is 1. The van der Waals surface area contributed by atoms with Crippen LogP contribution in [0.25, 0.3) is 11.1 Å². The number of carbonyl (C=O) groups excluding carboxylic acids is 1. The van der Waals surface area contributed by atoms with Crippen LogP contribution in [0.1, 0.15) is 40.9 Å². The number of nitrogens with zero attached hydrogens (tertiary/aromatic N) is 1. The maximum absolute atomic E-state index is 12.8. The van der Waals surface area contributed by atoms with Gasteiger partial charge in [-0.1, -0.05) is 26.0 Å². The summed E-state index contributed by atoms with van der Waals surface area (Å²) in [4.78, 5) is 12.8. The fraction of sp³-hybridized carbons (Fsp3) is 0.263. The Bertz CT molecular complexity index is 819. The van der Waals surface area contributed by atoms with Gasteiger partial charge in [0.2, 0.25) is 5.06 Å². The van der Waals surface area contributed by atoms with Crippen LogP contribution in [-0.2, 0) is 0 Å². The summed E-state index contributed by atoms with van der Waals surface area (Å²) in [6.07, 6.45) is 4.88. The van der Waals surface area contributed by atoms with Gasteiger partial charge in [0.05, 0.1) is 31.4 Å². The van der Waals surface area contributed by atoms with Crippen LogP contribution in [0.5, 0.6) is 5.06 Å². The van der Waals surface area contributed by atoms with Gasteiger partial charge in [-0.3, -0.25) is 4.79 Å². The standard InChI is InChI=1S/C17H15NO3S.C2H6/c1-10-4-5-13(11(2)15(10)12-6-7-21-9-12)16(19)14-8-18-22-17(14)20-3;1-2/h4-9H,1-3H3;1-2H3. The first-order chi connectivity index (χ1) is 11.6. The Morgan fingerprint density at radius 3 is 2.54 bits per heavy atom. The first-order valence-corrected chi connectivity index (χ1v) is 8.57. The molecule has 0 amide bonds. The van der Waals surface area contributed by atoms with E-state index in [4.69, 9.17) is 9.15 Å². The molecule has 4 nitrogen and oxygen atoms in total. The zero-order chi connectivity index (χ0) is 17.7. The van der Waals surface area contributed by atoms with E-state index in [-0.39, 0.29) is 5.78 Å². The molecule has 1 aromatic carbocycles. The van der Waals surface area contributed by atoms with Crippen molar-refractivity contribution < 1.29 is 13.9 Å². The molecule has 0 bridgehead atoms. The molecule has 0 atom stereocenters. The summed E-state index contributed by atoms with van der Waals surface area (Å²) in [6.45, 7) is 7.98. The number of hydrogen-bond donors (Lipinski definition) is 0. The van der Waals surface area contributed by atoms with Crippen LogP contribution in [0.3, 0.4) is 0 Å². The summed E-state index contributed by atoms with van der Waals surface area (Å²) < 4.78 is 14.4. The number of methoxy groups -OCH3 is 1. The molecule has 5 heteroatoms. The third-order valence-electron chi connectivity index (χ3n) is 3.70. The van der Waals surface area contributed by atoms with E-state index in [1.165, 1.54) is 11.5 Å². The Balaban J connectivity index is 0.00000100. The van der Waals surface area contributed by atoms with Crippen LogP contribution < -0.4 is 4.74 Å². The van der Waals surface area contributed by atoms with E-state index in [0.29, 0.717) is 16.2 Å².